The van der Waals surface area contributed by atoms with Crippen LogP contribution in [0.1, 0.15) is 34.1 Å². The van der Waals surface area contributed by atoms with E-state index in [-0.39, 0.29) is 5.97 Å². The lowest BCUT2D eigenvalue weighted by Crippen LogP contribution is -2.24. The third-order valence-corrected chi connectivity index (χ3v) is 1.77. The molecular formula is C9H17NO2. The SMILES string of the molecule is CC/C(C)=C(\C)C(=O)OC(C)N. The highest BCUT2D eigenvalue weighted by molar-refractivity contribution is 5.88. The van der Waals surface area contributed by atoms with Crippen LogP contribution < -0.4 is 5.73 Å². The van der Waals surface area contributed by atoms with Gasteiger partial charge >= 0.3 is 5.97 Å². The number of esters is 1. The highest BCUT2D eigenvalue weighted by Crippen LogP contribution is 2.08. The Morgan fingerprint density at radius 3 is 2.33 bits per heavy atom. The highest BCUT2D eigenvalue weighted by Gasteiger charge is 2.09. The number of nitrogens with two attached hydrogens (primary N) is 1. The molecule has 0 rings (SSSR count). The molecule has 1 unspecified atom stereocenters. The zero-order valence-corrected chi connectivity index (χ0v) is 8.18. The van der Waals surface area contributed by atoms with Crippen LogP contribution >= 0.6 is 0 Å². The Labute approximate surface area is 73.6 Å². The monoisotopic (exact) mass is 171 g/mol. The molecule has 0 aliphatic heterocycles. The molecule has 1 atom stereocenters. The van der Waals surface area contributed by atoms with Crippen molar-refractivity contribution < 1.29 is 9.53 Å². The molecule has 0 aromatic carbocycles. The topological polar surface area (TPSA) is 52.3 Å². The van der Waals surface area contributed by atoms with Gasteiger partial charge in [0.05, 0.1) is 0 Å². The second-order valence-corrected chi connectivity index (χ2v) is 2.87. The summed E-state index contributed by atoms with van der Waals surface area (Å²) >= 11 is 0. The Morgan fingerprint density at radius 1 is 1.50 bits per heavy atom. The Hall–Kier alpha value is -0.830. The van der Waals surface area contributed by atoms with E-state index in [1.807, 2.05) is 13.8 Å². The van der Waals surface area contributed by atoms with Gasteiger partial charge in [-0.25, -0.2) is 4.79 Å². The highest BCUT2D eigenvalue weighted by atomic mass is 16.6. The quantitative estimate of drug-likeness (QED) is 0.398. The van der Waals surface area contributed by atoms with Gasteiger partial charge in [-0.2, -0.15) is 0 Å². The van der Waals surface area contributed by atoms with E-state index in [2.05, 4.69) is 0 Å². The average Bonchev–Trinajstić information content (AvgIpc) is 2.00. The second kappa shape index (κ2) is 4.93. The Balaban J connectivity index is 4.29. The van der Waals surface area contributed by atoms with Gasteiger partial charge in [0.15, 0.2) is 0 Å². The van der Waals surface area contributed by atoms with Gasteiger partial charge in [0.1, 0.15) is 6.23 Å². The Morgan fingerprint density at radius 2 is 2.00 bits per heavy atom. The normalized spacial score (nSPS) is 15.1. The molecule has 0 fully saturated rings. The third kappa shape index (κ3) is 3.53. The maximum atomic E-state index is 11.2. The van der Waals surface area contributed by atoms with Crippen LogP contribution in [0.15, 0.2) is 11.1 Å². The van der Waals surface area contributed by atoms with Crippen molar-refractivity contribution >= 4 is 5.97 Å². The molecule has 12 heavy (non-hydrogen) atoms. The van der Waals surface area contributed by atoms with E-state index < -0.39 is 6.23 Å². The minimum atomic E-state index is -0.530. The Kier molecular flexibility index (Phi) is 4.59. The number of ether oxygens (including phenoxy) is 1. The van der Waals surface area contributed by atoms with E-state index in [1.54, 1.807) is 13.8 Å². The number of carbonyl (C=O) groups is 1. The third-order valence-electron chi connectivity index (χ3n) is 1.77. The van der Waals surface area contributed by atoms with Crippen molar-refractivity contribution in [3.8, 4) is 0 Å². The molecule has 0 saturated carbocycles. The summed E-state index contributed by atoms with van der Waals surface area (Å²) in [5.41, 5.74) is 7.01. The predicted molar refractivity (Wildman–Crippen MR) is 48.4 cm³/mol. The molecule has 0 aliphatic rings. The maximum absolute atomic E-state index is 11.2. The first-order valence-electron chi connectivity index (χ1n) is 4.12. The molecule has 2 N–H and O–H groups in total. The predicted octanol–water partition coefficient (Wildman–Crippen LogP) is 1.58. The molecule has 0 aliphatic carbocycles. The molecule has 0 radical (unpaired) electrons. The number of hydrogen-bond donors (Lipinski definition) is 1. The van der Waals surface area contributed by atoms with Crippen molar-refractivity contribution in [1.82, 2.24) is 0 Å². The molecule has 0 amide bonds. The Bertz CT molecular complexity index is 195. The van der Waals surface area contributed by atoms with Crippen LogP contribution in [0.3, 0.4) is 0 Å². The van der Waals surface area contributed by atoms with Gasteiger partial charge in [0.2, 0.25) is 0 Å². The van der Waals surface area contributed by atoms with Crippen molar-refractivity contribution in [2.24, 2.45) is 5.73 Å². The van der Waals surface area contributed by atoms with Gasteiger partial charge in [0.25, 0.3) is 0 Å². The van der Waals surface area contributed by atoms with E-state index in [1.165, 1.54) is 0 Å². The maximum Gasteiger partial charge on any atom is 0.335 e. The molecule has 0 spiro atoms. The van der Waals surface area contributed by atoms with E-state index in [4.69, 9.17) is 10.5 Å². The van der Waals surface area contributed by atoms with Crippen LogP contribution in [0.5, 0.6) is 0 Å². The number of hydrogen-bond acceptors (Lipinski definition) is 3. The fourth-order valence-electron chi connectivity index (χ4n) is 0.697. The average molecular weight is 171 g/mol. The molecule has 0 heterocycles. The number of rotatable bonds is 3. The van der Waals surface area contributed by atoms with Crippen LogP contribution in [0.25, 0.3) is 0 Å². The first-order valence-corrected chi connectivity index (χ1v) is 4.12. The molecular weight excluding hydrogens is 154 g/mol. The summed E-state index contributed by atoms with van der Waals surface area (Å²) in [5.74, 6) is -0.315. The first kappa shape index (κ1) is 11.2. The van der Waals surface area contributed by atoms with Crippen molar-refractivity contribution in [1.29, 1.82) is 0 Å². The van der Waals surface area contributed by atoms with Crippen molar-refractivity contribution in [3.05, 3.63) is 11.1 Å². The van der Waals surface area contributed by atoms with Crippen LogP contribution in [0.4, 0.5) is 0 Å². The fourth-order valence-corrected chi connectivity index (χ4v) is 0.697. The van der Waals surface area contributed by atoms with Crippen molar-refractivity contribution in [3.63, 3.8) is 0 Å². The minimum Gasteiger partial charge on any atom is -0.444 e. The molecule has 0 aromatic heterocycles. The number of carbonyl (C=O) groups excluding carboxylic acids is 1. The molecule has 0 bridgehead atoms. The van der Waals surface area contributed by atoms with E-state index in [0.29, 0.717) is 5.57 Å². The number of allylic oxidation sites excluding steroid dienone is 1. The zero-order valence-electron chi connectivity index (χ0n) is 8.18. The summed E-state index contributed by atoms with van der Waals surface area (Å²) in [6.07, 6.45) is 0.331. The van der Waals surface area contributed by atoms with E-state index in [0.717, 1.165) is 12.0 Å². The minimum absolute atomic E-state index is 0.315. The van der Waals surface area contributed by atoms with Gasteiger partial charge in [0, 0.05) is 5.57 Å². The summed E-state index contributed by atoms with van der Waals surface area (Å²) in [5, 5.41) is 0. The molecule has 0 saturated heterocycles. The van der Waals surface area contributed by atoms with Crippen LogP contribution in [-0.2, 0) is 9.53 Å². The lowest BCUT2D eigenvalue weighted by atomic mass is 10.1. The molecule has 0 aromatic rings. The van der Waals surface area contributed by atoms with Gasteiger partial charge in [-0.3, -0.25) is 5.73 Å². The van der Waals surface area contributed by atoms with Crippen molar-refractivity contribution in [2.75, 3.05) is 0 Å². The van der Waals surface area contributed by atoms with Crippen LogP contribution in [-0.4, -0.2) is 12.2 Å². The second-order valence-electron chi connectivity index (χ2n) is 2.87. The lowest BCUT2D eigenvalue weighted by molar-refractivity contribution is -0.143. The van der Waals surface area contributed by atoms with Gasteiger partial charge in [-0.1, -0.05) is 12.5 Å². The van der Waals surface area contributed by atoms with E-state index in [9.17, 15) is 4.79 Å². The zero-order chi connectivity index (χ0) is 9.72. The molecule has 70 valence electrons. The first-order chi connectivity index (χ1) is 5.49. The molecule has 3 heteroatoms. The van der Waals surface area contributed by atoms with Gasteiger partial charge in [-0.05, 0) is 27.2 Å². The summed E-state index contributed by atoms with van der Waals surface area (Å²) in [6.45, 7) is 7.30. The lowest BCUT2D eigenvalue weighted by Gasteiger charge is -2.09. The van der Waals surface area contributed by atoms with Crippen molar-refractivity contribution in [2.45, 2.75) is 40.3 Å². The largest absolute Gasteiger partial charge is 0.444 e. The summed E-state index contributed by atoms with van der Waals surface area (Å²) in [4.78, 5) is 11.2. The van der Waals surface area contributed by atoms with Gasteiger partial charge < -0.3 is 4.74 Å². The summed E-state index contributed by atoms with van der Waals surface area (Å²) < 4.78 is 4.82. The standard InChI is InChI=1S/C9H17NO2/c1-5-6(2)7(3)9(11)12-8(4)10/h8H,5,10H2,1-4H3/b7-6+. The van der Waals surface area contributed by atoms with E-state index >= 15 is 0 Å². The summed E-state index contributed by atoms with van der Waals surface area (Å²) in [6, 6.07) is 0. The van der Waals surface area contributed by atoms with Crippen LogP contribution in [0, 0.1) is 0 Å². The molecule has 3 nitrogen and oxygen atoms in total. The van der Waals surface area contributed by atoms with Crippen LogP contribution in [0.2, 0.25) is 0 Å². The van der Waals surface area contributed by atoms with Gasteiger partial charge in [-0.15, -0.1) is 0 Å². The summed E-state index contributed by atoms with van der Waals surface area (Å²) in [7, 11) is 0. The smallest absolute Gasteiger partial charge is 0.335 e. The fraction of sp³-hybridized carbons (Fsp3) is 0.667.